The van der Waals surface area contributed by atoms with Gasteiger partial charge in [0.2, 0.25) is 11.8 Å². The molecule has 5 nitrogen and oxygen atoms in total. The van der Waals surface area contributed by atoms with Gasteiger partial charge in [-0.1, -0.05) is 55.7 Å². The van der Waals surface area contributed by atoms with Crippen molar-refractivity contribution < 1.29 is 14.0 Å². The van der Waals surface area contributed by atoms with Crippen LogP contribution in [0.15, 0.2) is 72.2 Å². The third kappa shape index (κ3) is 5.51. The molecule has 7 heteroatoms. The van der Waals surface area contributed by atoms with E-state index in [2.05, 4.69) is 10.3 Å². The van der Waals surface area contributed by atoms with Crippen molar-refractivity contribution in [1.82, 2.24) is 15.2 Å². The zero-order chi connectivity index (χ0) is 24.9. The second kappa shape index (κ2) is 11.1. The van der Waals surface area contributed by atoms with Gasteiger partial charge in [0.05, 0.1) is 6.42 Å². The van der Waals surface area contributed by atoms with Crippen LogP contribution in [0.1, 0.15) is 54.1 Å². The predicted molar refractivity (Wildman–Crippen MR) is 141 cm³/mol. The van der Waals surface area contributed by atoms with Gasteiger partial charge in [-0.2, -0.15) is 0 Å². The maximum Gasteiger partial charge on any atom is 0.248 e. The number of fused-ring (bicyclic) bond motifs is 1. The number of rotatable bonds is 8. The molecule has 5 rings (SSSR count). The number of halogens is 1. The SMILES string of the molecule is O=C(NC1CCCCC1)C(c1cccs1)N(Cc1ccc(F)cc1)C(=O)Cc1c[nH]c2ccccc12. The van der Waals surface area contributed by atoms with Crippen LogP contribution in [0.4, 0.5) is 4.39 Å². The van der Waals surface area contributed by atoms with Crippen LogP contribution in [0.5, 0.6) is 0 Å². The highest BCUT2D eigenvalue weighted by atomic mass is 32.1. The predicted octanol–water partition coefficient (Wildman–Crippen LogP) is 6.13. The van der Waals surface area contributed by atoms with Crippen LogP contribution >= 0.6 is 11.3 Å². The summed E-state index contributed by atoms with van der Waals surface area (Å²) >= 11 is 1.47. The second-order valence-corrected chi connectivity index (χ2v) is 10.4. The van der Waals surface area contributed by atoms with E-state index in [1.54, 1.807) is 17.0 Å². The van der Waals surface area contributed by atoms with Crippen LogP contribution < -0.4 is 5.32 Å². The van der Waals surface area contributed by atoms with Gasteiger partial charge in [-0.3, -0.25) is 9.59 Å². The number of H-pyrrole nitrogens is 1. The highest BCUT2D eigenvalue weighted by molar-refractivity contribution is 7.10. The van der Waals surface area contributed by atoms with Gasteiger partial charge >= 0.3 is 0 Å². The fourth-order valence-corrected chi connectivity index (χ4v) is 5.89. The smallest absolute Gasteiger partial charge is 0.248 e. The molecule has 0 bridgehead atoms. The van der Waals surface area contributed by atoms with Crippen LogP contribution in [0, 0.1) is 5.82 Å². The molecule has 2 aromatic carbocycles. The van der Waals surface area contributed by atoms with Crippen molar-refractivity contribution in [2.24, 2.45) is 0 Å². The van der Waals surface area contributed by atoms with Gasteiger partial charge in [-0.25, -0.2) is 4.39 Å². The van der Waals surface area contributed by atoms with Crippen molar-refractivity contribution in [3.05, 3.63) is 94.1 Å². The van der Waals surface area contributed by atoms with E-state index in [-0.39, 0.29) is 36.6 Å². The minimum atomic E-state index is -0.755. The van der Waals surface area contributed by atoms with E-state index in [4.69, 9.17) is 0 Å². The van der Waals surface area contributed by atoms with Crippen molar-refractivity contribution in [3.63, 3.8) is 0 Å². The Morgan fingerprint density at radius 3 is 2.56 bits per heavy atom. The first-order chi connectivity index (χ1) is 17.6. The third-order valence-electron chi connectivity index (χ3n) is 6.93. The Hall–Kier alpha value is -3.45. The van der Waals surface area contributed by atoms with Crippen LogP contribution in [-0.4, -0.2) is 27.7 Å². The number of benzene rings is 2. The summed E-state index contributed by atoms with van der Waals surface area (Å²) in [6.45, 7) is 0.210. The Morgan fingerprint density at radius 2 is 1.81 bits per heavy atom. The van der Waals surface area contributed by atoms with E-state index in [1.165, 1.54) is 29.9 Å². The third-order valence-corrected chi connectivity index (χ3v) is 7.85. The first-order valence-electron chi connectivity index (χ1n) is 12.5. The van der Waals surface area contributed by atoms with Crippen LogP contribution in [0.2, 0.25) is 0 Å². The maximum atomic E-state index is 13.9. The average molecular weight is 504 g/mol. The van der Waals surface area contributed by atoms with Crippen molar-refractivity contribution in [2.45, 2.75) is 57.2 Å². The van der Waals surface area contributed by atoms with E-state index < -0.39 is 6.04 Å². The lowest BCUT2D eigenvalue weighted by Gasteiger charge is -2.33. The fraction of sp³-hybridized carbons (Fsp3) is 0.310. The van der Waals surface area contributed by atoms with E-state index in [1.807, 2.05) is 48.0 Å². The molecule has 1 atom stereocenters. The molecule has 2 amide bonds. The Balaban J connectivity index is 1.48. The molecule has 0 radical (unpaired) electrons. The number of thiophene rings is 1. The molecular formula is C29H30FN3O2S. The van der Waals surface area contributed by atoms with E-state index in [0.29, 0.717) is 0 Å². The molecule has 1 saturated carbocycles. The summed E-state index contributed by atoms with van der Waals surface area (Å²) in [6, 6.07) is 17.2. The standard InChI is InChI=1S/C29H30FN3O2S/c30-22-14-12-20(13-15-22)19-33(27(34)17-21-18-31-25-10-5-4-9-24(21)25)28(26-11-6-16-36-26)29(35)32-23-7-2-1-3-8-23/h4-6,9-16,18,23,28,31H,1-3,7-8,17,19H2,(H,32,35). The number of amides is 2. The van der Waals surface area contributed by atoms with Crippen molar-refractivity contribution in [2.75, 3.05) is 0 Å². The highest BCUT2D eigenvalue weighted by Gasteiger charge is 2.34. The topological polar surface area (TPSA) is 65.2 Å². The van der Waals surface area contributed by atoms with E-state index in [0.717, 1.165) is 52.6 Å². The molecule has 4 aromatic rings. The van der Waals surface area contributed by atoms with E-state index >= 15 is 0 Å². The normalized spacial score (nSPS) is 15.0. The van der Waals surface area contributed by atoms with Crippen molar-refractivity contribution in [1.29, 1.82) is 0 Å². The molecule has 1 aliphatic rings. The van der Waals surface area contributed by atoms with Crippen molar-refractivity contribution >= 4 is 34.1 Å². The number of hydrogen-bond donors (Lipinski definition) is 2. The molecule has 1 unspecified atom stereocenters. The van der Waals surface area contributed by atoms with Crippen molar-refractivity contribution in [3.8, 4) is 0 Å². The molecule has 2 heterocycles. The summed E-state index contributed by atoms with van der Waals surface area (Å²) in [6.07, 6.45) is 7.35. The monoisotopic (exact) mass is 503 g/mol. The lowest BCUT2D eigenvalue weighted by molar-refractivity contribution is -0.141. The molecular weight excluding hydrogens is 473 g/mol. The Labute approximate surface area is 214 Å². The van der Waals surface area contributed by atoms with Gasteiger partial charge in [-0.05, 0) is 53.6 Å². The number of carbonyl (C=O) groups is 2. The molecule has 0 aliphatic heterocycles. The maximum absolute atomic E-state index is 13.9. The first-order valence-corrected chi connectivity index (χ1v) is 13.4. The minimum absolute atomic E-state index is 0.130. The summed E-state index contributed by atoms with van der Waals surface area (Å²) in [5, 5.41) is 6.15. The molecule has 2 aromatic heterocycles. The highest BCUT2D eigenvalue weighted by Crippen LogP contribution is 2.30. The largest absolute Gasteiger partial charge is 0.361 e. The Morgan fingerprint density at radius 1 is 1.03 bits per heavy atom. The molecule has 36 heavy (non-hydrogen) atoms. The van der Waals surface area contributed by atoms with E-state index in [9.17, 15) is 14.0 Å². The molecule has 0 spiro atoms. The van der Waals surface area contributed by atoms with Crippen LogP contribution in [-0.2, 0) is 22.6 Å². The fourth-order valence-electron chi connectivity index (χ4n) is 5.05. The summed E-state index contributed by atoms with van der Waals surface area (Å²) in [7, 11) is 0. The minimum Gasteiger partial charge on any atom is -0.361 e. The van der Waals surface area contributed by atoms with Crippen LogP contribution in [0.3, 0.4) is 0 Å². The molecule has 1 fully saturated rings. The van der Waals surface area contributed by atoms with Gasteiger partial charge in [0, 0.05) is 34.6 Å². The number of carbonyl (C=O) groups excluding carboxylic acids is 2. The number of hydrogen-bond acceptors (Lipinski definition) is 3. The van der Waals surface area contributed by atoms with Gasteiger partial charge in [-0.15, -0.1) is 11.3 Å². The number of aromatic amines is 1. The number of nitrogens with one attached hydrogen (secondary N) is 2. The Bertz CT molecular complexity index is 1310. The lowest BCUT2D eigenvalue weighted by Crippen LogP contribution is -2.47. The number of para-hydroxylation sites is 1. The average Bonchev–Trinajstić information content (AvgIpc) is 3.56. The molecule has 186 valence electrons. The van der Waals surface area contributed by atoms with Crippen LogP contribution in [0.25, 0.3) is 10.9 Å². The zero-order valence-corrected chi connectivity index (χ0v) is 20.9. The zero-order valence-electron chi connectivity index (χ0n) is 20.1. The van der Waals surface area contributed by atoms with Gasteiger partial charge in [0.15, 0.2) is 0 Å². The molecule has 2 N–H and O–H groups in total. The quantitative estimate of drug-likeness (QED) is 0.304. The van der Waals surface area contributed by atoms with Gasteiger partial charge < -0.3 is 15.2 Å². The van der Waals surface area contributed by atoms with Gasteiger partial charge in [0.1, 0.15) is 11.9 Å². The summed E-state index contributed by atoms with van der Waals surface area (Å²) in [4.78, 5) is 33.4. The summed E-state index contributed by atoms with van der Waals surface area (Å²) in [5.74, 6) is -0.639. The van der Waals surface area contributed by atoms with Gasteiger partial charge in [0.25, 0.3) is 0 Å². The summed E-state index contributed by atoms with van der Waals surface area (Å²) < 4.78 is 13.6. The lowest BCUT2D eigenvalue weighted by atomic mass is 9.95. The molecule has 0 saturated heterocycles. The summed E-state index contributed by atoms with van der Waals surface area (Å²) in [5.41, 5.74) is 2.63. The second-order valence-electron chi connectivity index (χ2n) is 9.45. The molecule has 1 aliphatic carbocycles. The first kappa shape index (κ1) is 24.3. The number of aromatic nitrogens is 1. The Kier molecular flexibility index (Phi) is 7.47. The number of nitrogens with zero attached hydrogens (tertiary/aromatic N) is 1.